The van der Waals surface area contributed by atoms with Crippen LogP contribution in [0.15, 0.2) is 18.2 Å². The van der Waals surface area contributed by atoms with Crippen LogP contribution in [0.1, 0.15) is 54.9 Å². The van der Waals surface area contributed by atoms with Gasteiger partial charge in [-0.25, -0.2) is 0 Å². The number of hydrogen-bond acceptors (Lipinski definition) is 1. The van der Waals surface area contributed by atoms with Crippen molar-refractivity contribution >= 4 is 0 Å². The van der Waals surface area contributed by atoms with Crippen LogP contribution in [0.5, 0.6) is 0 Å². The molecule has 20 heavy (non-hydrogen) atoms. The van der Waals surface area contributed by atoms with Gasteiger partial charge in [-0.15, -0.1) is 0 Å². The second-order valence-corrected chi connectivity index (χ2v) is 7.80. The predicted molar refractivity (Wildman–Crippen MR) is 81.4 cm³/mol. The quantitative estimate of drug-likeness (QED) is 0.844. The van der Waals surface area contributed by atoms with Crippen molar-refractivity contribution in [3.8, 4) is 0 Å². The molecular formula is C19H26O. The lowest BCUT2D eigenvalue weighted by Gasteiger charge is -2.55. The molecule has 5 rings (SSSR count). The summed E-state index contributed by atoms with van der Waals surface area (Å²) in [5.74, 6) is 4.09. The van der Waals surface area contributed by atoms with Gasteiger partial charge in [-0.1, -0.05) is 18.2 Å². The van der Waals surface area contributed by atoms with Gasteiger partial charge in [-0.2, -0.15) is 0 Å². The van der Waals surface area contributed by atoms with E-state index in [0.717, 1.165) is 29.2 Å². The van der Waals surface area contributed by atoms with Gasteiger partial charge in [0.2, 0.25) is 0 Å². The molecule has 0 saturated heterocycles. The van der Waals surface area contributed by atoms with Gasteiger partial charge in [0.25, 0.3) is 0 Å². The highest BCUT2D eigenvalue weighted by atomic mass is 16.3. The Balaban J connectivity index is 1.62. The van der Waals surface area contributed by atoms with Gasteiger partial charge in [0.1, 0.15) is 0 Å². The zero-order valence-corrected chi connectivity index (χ0v) is 12.7. The number of rotatable bonds is 2. The zero-order valence-electron chi connectivity index (χ0n) is 12.7. The molecule has 0 spiro atoms. The molecule has 0 aromatic heterocycles. The summed E-state index contributed by atoms with van der Waals surface area (Å²) in [6, 6.07) is 6.53. The van der Waals surface area contributed by atoms with Crippen LogP contribution in [0.2, 0.25) is 0 Å². The first-order valence-electron chi connectivity index (χ1n) is 8.37. The van der Waals surface area contributed by atoms with Crippen LogP contribution in [0.4, 0.5) is 0 Å². The molecular weight excluding hydrogens is 244 g/mol. The molecule has 0 heterocycles. The van der Waals surface area contributed by atoms with Crippen LogP contribution in [-0.4, -0.2) is 5.11 Å². The van der Waals surface area contributed by atoms with Crippen molar-refractivity contribution in [2.45, 2.75) is 52.1 Å². The molecule has 108 valence electrons. The third-order valence-corrected chi connectivity index (χ3v) is 6.54. The highest BCUT2D eigenvalue weighted by molar-refractivity contribution is 5.31. The second kappa shape index (κ2) is 4.59. The van der Waals surface area contributed by atoms with Crippen molar-refractivity contribution in [3.05, 3.63) is 34.9 Å². The first-order valence-corrected chi connectivity index (χ1v) is 8.37. The molecule has 4 saturated carbocycles. The molecule has 0 radical (unpaired) electrons. The predicted octanol–water partition coefficient (Wildman–Crippen LogP) is 4.41. The highest BCUT2D eigenvalue weighted by Gasteiger charge is 2.50. The number of hydrogen-bond donors (Lipinski definition) is 1. The van der Waals surface area contributed by atoms with Crippen LogP contribution >= 0.6 is 0 Å². The third kappa shape index (κ3) is 1.94. The van der Waals surface area contributed by atoms with Crippen molar-refractivity contribution in [2.75, 3.05) is 0 Å². The smallest absolute Gasteiger partial charge is 0.0823 e. The van der Waals surface area contributed by atoms with Crippen molar-refractivity contribution in [3.63, 3.8) is 0 Å². The fourth-order valence-corrected chi connectivity index (χ4v) is 5.65. The highest BCUT2D eigenvalue weighted by Crippen LogP contribution is 2.59. The number of benzene rings is 1. The maximum Gasteiger partial charge on any atom is 0.0823 e. The van der Waals surface area contributed by atoms with Crippen molar-refractivity contribution in [2.24, 2.45) is 29.6 Å². The standard InChI is InChI=1S/C19H26O/c1-11-3-4-15(5-12(11)2)19(20)18-16-7-13-6-14(9-16)10-17(18)8-13/h3-5,13-14,16-20H,6-10H2,1-2H3. The maximum absolute atomic E-state index is 11.0. The van der Waals surface area contributed by atoms with Gasteiger partial charge in [0.15, 0.2) is 0 Å². The van der Waals surface area contributed by atoms with E-state index >= 15 is 0 Å². The van der Waals surface area contributed by atoms with Crippen molar-refractivity contribution in [1.29, 1.82) is 0 Å². The van der Waals surface area contributed by atoms with E-state index in [0.29, 0.717) is 5.92 Å². The first kappa shape index (κ1) is 12.9. The Morgan fingerprint density at radius 2 is 1.50 bits per heavy atom. The van der Waals surface area contributed by atoms with E-state index in [1.807, 2.05) is 0 Å². The Bertz CT molecular complexity index is 490. The minimum absolute atomic E-state index is 0.232. The van der Waals surface area contributed by atoms with Gasteiger partial charge < -0.3 is 5.11 Å². The monoisotopic (exact) mass is 270 g/mol. The van der Waals surface area contributed by atoms with E-state index in [2.05, 4.69) is 32.0 Å². The molecule has 4 bridgehead atoms. The van der Waals surface area contributed by atoms with Gasteiger partial charge in [0.05, 0.1) is 6.10 Å². The van der Waals surface area contributed by atoms with Gasteiger partial charge in [-0.05, 0) is 92.2 Å². The Kier molecular flexibility index (Phi) is 2.96. The number of aliphatic hydroxyl groups is 1. The van der Waals surface area contributed by atoms with Crippen molar-refractivity contribution < 1.29 is 5.11 Å². The summed E-state index contributed by atoms with van der Waals surface area (Å²) in [6.45, 7) is 4.30. The van der Waals surface area contributed by atoms with Crippen molar-refractivity contribution in [1.82, 2.24) is 0 Å². The molecule has 1 aromatic carbocycles. The summed E-state index contributed by atoms with van der Waals surface area (Å²) in [5, 5.41) is 11.0. The normalized spacial score (nSPS) is 40.0. The van der Waals surface area contributed by atoms with Crippen LogP contribution in [0.25, 0.3) is 0 Å². The fourth-order valence-electron chi connectivity index (χ4n) is 5.65. The molecule has 1 unspecified atom stereocenters. The van der Waals surface area contributed by atoms with E-state index in [1.54, 1.807) is 0 Å². The summed E-state index contributed by atoms with van der Waals surface area (Å²) in [7, 11) is 0. The lowest BCUT2D eigenvalue weighted by atomic mass is 9.50. The van der Waals surface area contributed by atoms with E-state index in [9.17, 15) is 5.11 Å². The van der Waals surface area contributed by atoms with E-state index < -0.39 is 0 Å². The molecule has 4 aliphatic carbocycles. The summed E-state index contributed by atoms with van der Waals surface area (Å²) in [5.41, 5.74) is 3.79. The van der Waals surface area contributed by atoms with E-state index in [4.69, 9.17) is 0 Å². The third-order valence-electron chi connectivity index (χ3n) is 6.54. The van der Waals surface area contributed by atoms with Crippen LogP contribution < -0.4 is 0 Å². The van der Waals surface area contributed by atoms with Crippen LogP contribution in [0.3, 0.4) is 0 Å². The molecule has 1 nitrogen and oxygen atoms in total. The first-order chi connectivity index (χ1) is 9.61. The Morgan fingerprint density at radius 3 is 2.05 bits per heavy atom. The van der Waals surface area contributed by atoms with E-state index in [1.165, 1.54) is 43.2 Å². The molecule has 1 aromatic rings. The largest absolute Gasteiger partial charge is 0.388 e. The molecule has 1 atom stereocenters. The minimum atomic E-state index is -0.232. The zero-order chi connectivity index (χ0) is 13.9. The lowest BCUT2D eigenvalue weighted by molar-refractivity contribution is -0.0908. The molecule has 4 aliphatic rings. The summed E-state index contributed by atoms with van der Waals surface area (Å²) >= 11 is 0. The van der Waals surface area contributed by atoms with E-state index in [-0.39, 0.29) is 6.10 Å². The molecule has 0 amide bonds. The number of aliphatic hydroxyl groups excluding tert-OH is 1. The maximum atomic E-state index is 11.0. The average Bonchev–Trinajstić information content (AvgIpc) is 2.40. The van der Waals surface area contributed by atoms with Gasteiger partial charge >= 0.3 is 0 Å². The van der Waals surface area contributed by atoms with Crippen LogP contribution in [0, 0.1) is 43.4 Å². The fraction of sp³-hybridized carbons (Fsp3) is 0.684. The Hall–Kier alpha value is -0.820. The lowest BCUT2D eigenvalue weighted by Crippen LogP contribution is -2.47. The number of aryl methyl sites for hydroxylation is 2. The Morgan fingerprint density at radius 1 is 0.900 bits per heavy atom. The molecule has 1 heteroatoms. The SMILES string of the molecule is Cc1ccc(C(O)C2C3CC4CC(C3)CC2C4)cc1C. The average molecular weight is 270 g/mol. The summed E-state index contributed by atoms with van der Waals surface area (Å²) in [4.78, 5) is 0. The molecule has 1 N–H and O–H groups in total. The molecule has 4 fully saturated rings. The van der Waals surface area contributed by atoms with Crippen LogP contribution in [-0.2, 0) is 0 Å². The summed E-state index contributed by atoms with van der Waals surface area (Å²) < 4.78 is 0. The molecule has 0 aliphatic heterocycles. The second-order valence-electron chi connectivity index (χ2n) is 7.80. The summed E-state index contributed by atoms with van der Waals surface area (Å²) in [6.07, 6.45) is 6.81. The minimum Gasteiger partial charge on any atom is -0.388 e. The topological polar surface area (TPSA) is 20.2 Å². The van der Waals surface area contributed by atoms with Gasteiger partial charge in [0, 0.05) is 0 Å². The Labute approximate surface area is 122 Å². The van der Waals surface area contributed by atoms with Gasteiger partial charge in [-0.3, -0.25) is 0 Å².